The summed E-state index contributed by atoms with van der Waals surface area (Å²) in [7, 11) is 0. The number of nitrogens with one attached hydrogen (secondary N) is 1. The number of pyridine rings is 2. The fourth-order valence-electron chi connectivity index (χ4n) is 2.54. The molecule has 0 aliphatic rings. The summed E-state index contributed by atoms with van der Waals surface area (Å²) in [5, 5.41) is 1.59. The smallest absolute Gasteiger partial charge is 0.191 e. The van der Waals surface area contributed by atoms with Gasteiger partial charge >= 0.3 is 0 Å². The molecule has 0 saturated carbocycles. The second kappa shape index (κ2) is 4.56. The molecule has 4 rings (SSSR count). The van der Waals surface area contributed by atoms with E-state index in [2.05, 4.69) is 9.97 Å². The topological polar surface area (TPSA) is 45.8 Å². The number of para-hydroxylation sites is 1. The number of hydrogen-bond acceptors (Lipinski definition) is 2. The van der Waals surface area contributed by atoms with Gasteiger partial charge in [-0.15, -0.1) is 0 Å². The van der Waals surface area contributed by atoms with Crippen LogP contribution in [0.15, 0.2) is 71.5 Å². The lowest BCUT2D eigenvalue weighted by Crippen LogP contribution is -2.04. The Hall–Kier alpha value is -2.94. The predicted molar refractivity (Wildman–Crippen MR) is 85.3 cm³/mol. The van der Waals surface area contributed by atoms with Gasteiger partial charge in [0.2, 0.25) is 0 Å². The van der Waals surface area contributed by atoms with Crippen LogP contribution in [0.2, 0.25) is 0 Å². The zero-order chi connectivity index (χ0) is 14.2. The van der Waals surface area contributed by atoms with E-state index in [4.69, 9.17) is 0 Å². The summed E-state index contributed by atoms with van der Waals surface area (Å²) >= 11 is 0. The van der Waals surface area contributed by atoms with Gasteiger partial charge in [0.15, 0.2) is 5.43 Å². The lowest BCUT2D eigenvalue weighted by molar-refractivity contribution is 1.31. The minimum atomic E-state index is -0.0131. The Morgan fingerprint density at radius 3 is 2.48 bits per heavy atom. The van der Waals surface area contributed by atoms with Crippen LogP contribution in [-0.2, 0) is 0 Å². The van der Waals surface area contributed by atoms with Gasteiger partial charge in [-0.2, -0.15) is 0 Å². The maximum Gasteiger partial charge on any atom is 0.191 e. The van der Waals surface area contributed by atoms with Crippen molar-refractivity contribution in [1.29, 1.82) is 0 Å². The summed E-state index contributed by atoms with van der Waals surface area (Å²) in [4.78, 5) is 20.2. The molecule has 0 saturated heterocycles. The van der Waals surface area contributed by atoms with E-state index in [1.165, 1.54) is 0 Å². The molecule has 0 radical (unpaired) electrons. The maximum absolute atomic E-state index is 12.4. The summed E-state index contributed by atoms with van der Waals surface area (Å²) in [6.45, 7) is 0. The van der Waals surface area contributed by atoms with Crippen LogP contribution >= 0.6 is 0 Å². The molecule has 0 unspecified atom stereocenters. The van der Waals surface area contributed by atoms with Gasteiger partial charge in [0.25, 0.3) is 0 Å². The van der Waals surface area contributed by atoms with Gasteiger partial charge in [-0.3, -0.25) is 4.79 Å². The van der Waals surface area contributed by atoms with Gasteiger partial charge in [-0.25, -0.2) is 4.98 Å². The van der Waals surface area contributed by atoms with Gasteiger partial charge in [-0.05, 0) is 17.7 Å². The van der Waals surface area contributed by atoms with Crippen LogP contribution in [0.1, 0.15) is 0 Å². The Bertz CT molecular complexity index is 1000. The number of H-pyrrole nitrogens is 1. The van der Waals surface area contributed by atoms with Crippen LogP contribution in [0.5, 0.6) is 0 Å². The van der Waals surface area contributed by atoms with Gasteiger partial charge in [0.05, 0.1) is 16.6 Å². The molecule has 0 amide bonds. The van der Waals surface area contributed by atoms with Crippen molar-refractivity contribution in [1.82, 2.24) is 9.97 Å². The number of rotatable bonds is 1. The van der Waals surface area contributed by atoms with Crippen LogP contribution in [0, 0.1) is 0 Å². The average Bonchev–Trinajstić information content (AvgIpc) is 2.54. The van der Waals surface area contributed by atoms with Crippen molar-refractivity contribution in [2.75, 3.05) is 0 Å². The fourth-order valence-corrected chi connectivity index (χ4v) is 2.54. The first-order valence-corrected chi connectivity index (χ1v) is 6.79. The van der Waals surface area contributed by atoms with Gasteiger partial charge < -0.3 is 4.98 Å². The molecule has 4 aromatic rings. The highest BCUT2D eigenvalue weighted by atomic mass is 16.1. The minimum Gasteiger partial charge on any atom is -0.339 e. The van der Waals surface area contributed by atoms with Crippen molar-refractivity contribution in [2.45, 2.75) is 0 Å². The molecule has 3 heteroatoms. The Kier molecular flexibility index (Phi) is 2.57. The first-order chi connectivity index (χ1) is 10.3. The van der Waals surface area contributed by atoms with Crippen molar-refractivity contribution in [2.24, 2.45) is 0 Å². The lowest BCUT2D eigenvalue weighted by atomic mass is 10.1. The molecule has 2 heterocycles. The average molecular weight is 272 g/mol. The number of aromatic amines is 1. The van der Waals surface area contributed by atoms with E-state index in [1.807, 2.05) is 60.7 Å². The van der Waals surface area contributed by atoms with E-state index in [0.717, 1.165) is 22.2 Å². The molecular formula is C18H12N2O. The number of benzene rings is 2. The summed E-state index contributed by atoms with van der Waals surface area (Å²) < 4.78 is 0. The SMILES string of the molecule is O=c1cc(-c2ccccc2)[nH]c2nc3ccccc3cc12. The Morgan fingerprint density at radius 2 is 1.62 bits per heavy atom. The maximum atomic E-state index is 12.4. The van der Waals surface area contributed by atoms with Gasteiger partial charge in [0.1, 0.15) is 5.65 Å². The molecule has 2 aromatic heterocycles. The van der Waals surface area contributed by atoms with E-state index in [1.54, 1.807) is 6.07 Å². The van der Waals surface area contributed by atoms with Crippen molar-refractivity contribution >= 4 is 21.9 Å². The molecule has 0 aliphatic heterocycles. The van der Waals surface area contributed by atoms with Crippen LogP contribution < -0.4 is 5.43 Å². The molecule has 1 N–H and O–H groups in total. The standard InChI is InChI=1S/C18H12N2O/c21-17-11-16(12-6-2-1-3-7-12)20-18-14(17)10-13-8-4-5-9-15(13)19-18/h1-11H,(H,19,20,21). The van der Waals surface area contributed by atoms with E-state index in [-0.39, 0.29) is 5.43 Å². The molecule has 0 spiro atoms. The van der Waals surface area contributed by atoms with Crippen molar-refractivity contribution in [3.05, 3.63) is 77.0 Å². The minimum absolute atomic E-state index is 0.0131. The fraction of sp³-hybridized carbons (Fsp3) is 0. The third-order valence-electron chi connectivity index (χ3n) is 3.60. The molecule has 0 atom stereocenters. The van der Waals surface area contributed by atoms with E-state index >= 15 is 0 Å². The highest BCUT2D eigenvalue weighted by Gasteiger charge is 2.06. The molecular weight excluding hydrogens is 260 g/mol. The van der Waals surface area contributed by atoms with E-state index in [0.29, 0.717) is 11.0 Å². The molecule has 0 fully saturated rings. The summed E-state index contributed by atoms with van der Waals surface area (Å²) in [6, 6.07) is 21.1. The third kappa shape index (κ3) is 1.99. The van der Waals surface area contributed by atoms with E-state index in [9.17, 15) is 4.79 Å². The van der Waals surface area contributed by atoms with Crippen LogP contribution in [0.25, 0.3) is 33.2 Å². The molecule has 2 aromatic carbocycles. The van der Waals surface area contributed by atoms with Crippen LogP contribution in [0.4, 0.5) is 0 Å². The summed E-state index contributed by atoms with van der Waals surface area (Å²) in [5.41, 5.74) is 3.26. The Balaban J connectivity index is 2.05. The monoisotopic (exact) mass is 272 g/mol. The zero-order valence-electron chi connectivity index (χ0n) is 11.2. The van der Waals surface area contributed by atoms with Crippen LogP contribution in [0.3, 0.4) is 0 Å². The normalized spacial score (nSPS) is 11.0. The highest BCUT2D eigenvalue weighted by Crippen LogP contribution is 2.20. The largest absolute Gasteiger partial charge is 0.339 e. The number of hydrogen-bond donors (Lipinski definition) is 1. The Morgan fingerprint density at radius 1 is 0.857 bits per heavy atom. The molecule has 3 nitrogen and oxygen atoms in total. The first kappa shape index (κ1) is 11.9. The van der Waals surface area contributed by atoms with E-state index < -0.39 is 0 Å². The van der Waals surface area contributed by atoms with Crippen molar-refractivity contribution < 1.29 is 0 Å². The second-order valence-electron chi connectivity index (χ2n) is 4.99. The quantitative estimate of drug-likeness (QED) is 0.536. The van der Waals surface area contributed by atoms with Gasteiger partial charge in [-0.1, -0.05) is 48.5 Å². The zero-order valence-corrected chi connectivity index (χ0v) is 11.2. The first-order valence-electron chi connectivity index (χ1n) is 6.79. The summed E-state index contributed by atoms with van der Waals surface area (Å²) in [6.07, 6.45) is 0. The third-order valence-corrected chi connectivity index (χ3v) is 3.60. The molecule has 0 bridgehead atoms. The molecule has 0 aliphatic carbocycles. The second-order valence-corrected chi connectivity index (χ2v) is 4.99. The molecule has 100 valence electrons. The number of nitrogens with zero attached hydrogens (tertiary/aromatic N) is 1. The predicted octanol–water partition coefficient (Wildman–Crippen LogP) is 3.74. The highest BCUT2D eigenvalue weighted by molar-refractivity contribution is 5.91. The lowest BCUT2D eigenvalue weighted by Gasteiger charge is -2.05. The number of fused-ring (bicyclic) bond motifs is 2. The summed E-state index contributed by atoms with van der Waals surface area (Å²) in [5.74, 6) is 0. The van der Waals surface area contributed by atoms with Crippen molar-refractivity contribution in [3.63, 3.8) is 0 Å². The van der Waals surface area contributed by atoms with Crippen LogP contribution in [-0.4, -0.2) is 9.97 Å². The van der Waals surface area contributed by atoms with Crippen molar-refractivity contribution in [3.8, 4) is 11.3 Å². The number of aromatic nitrogens is 2. The Labute approximate surface area is 120 Å². The van der Waals surface area contributed by atoms with Gasteiger partial charge in [0, 0.05) is 11.5 Å². The molecule has 21 heavy (non-hydrogen) atoms.